The fraction of sp³-hybridized carbons (Fsp3) is 0.304. The van der Waals surface area contributed by atoms with E-state index < -0.39 is 10.8 Å². The minimum atomic E-state index is -0.484. The summed E-state index contributed by atoms with van der Waals surface area (Å²) in [5.41, 5.74) is 2.62. The number of nitro groups is 1. The number of hydrogen-bond acceptors (Lipinski definition) is 6. The Kier molecular flexibility index (Phi) is 5.46. The number of methoxy groups -OCH3 is 2. The third-order valence-electron chi connectivity index (χ3n) is 5.90. The predicted octanol–water partition coefficient (Wildman–Crippen LogP) is 3.62. The van der Waals surface area contributed by atoms with Crippen molar-refractivity contribution in [3.05, 3.63) is 75.0 Å². The summed E-state index contributed by atoms with van der Waals surface area (Å²) in [4.78, 5) is 36.3. The van der Waals surface area contributed by atoms with Crippen molar-refractivity contribution >= 4 is 17.4 Å². The summed E-state index contributed by atoms with van der Waals surface area (Å²) in [5.74, 6) is 0.325. The van der Waals surface area contributed by atoms with Gasteiger partial charge in [0.2, 0.25) is 5.91 Å². The van der Waals surface area contributed by atoms with Crippen molar-refractivity contribution in [2.75, 3.05) is 14.2 Å². The predicted molar refractivity (Wildman–Crippen MR) is 112 cm³/mol. The number of benzene rings is 2. The van der Waals surface area contributed by atoms with Crippen LogP contribution in [0.3, 0.4) is 0 Å². The molecule has 0 radical (unpaired) electrons. The number of nitrogens with zero attached hydrogens (tertiary/aromatic N) is 1. The monoisotopic (exact) mass is 422 g/mol. The second-order valence-electron chi connectivity index (χ2n) is 7.69. The second kappa shape index (κ2) is 8.22. The second-order valence-corrected chi connectivity index (χ2v) is 7.69. The number of Topliss-reactive ketones (excluding diaryl/α,β-unsaturated/α-hetero) is 1. The van der Waals surface area contributed by atoms with Gasteiger partial charge < -0.3 is 14.8 Å². The van der Waals surface area contributed by atoms with E-state index in [1.165, 1.54) is 12.1 Å². The van der Waals surface area contributed by atoms with Gasteiger partial charge in [0.1, 0.15) is 0 Å². The molecule has 1 heterocycles. The maximum atomic E-state index is 13.2. The molecule has 0 saturated heterocycles. The first-order chi connectivity index (χ1) is 14.9. The Morgan fingerprint density at radius 1 is 0.968 bits per heavy atom. The lowest BCUT2D eigenvalue weighted by Crippen LogP contribution is -2.38. The SMILES string of the molecule is COc1ccc([C@H]2CC(=O)C3=C(C2)NC(=O)C[C@H]3c2cccc([N+](=O)[O-])c2)cc1OC. The van der Waals surface area contributed by atoms with E-state index in [4.69, 9.17) is 9.47 Å². The van der Waals surface area contributed by atoms with Crippen LogP contribution in [0, 0.1) is 10.1 Å². The molecule has 0 aromatic heterocycles. The highest BCUT2D eigenvalue weighted by Crippen LogP contribution is 2.44. The molecule has 4 rings (SSSR count). The van der Waals surface area contributed by atoms with Crippen molar-refractivity contribution in [1.82, 2.24) is 5.32 Å². The molecule has 1 aliphatic carbocycles. The lowest BCUT2D eigenvalue weighted by atomic mass is 9.73. The average Bonchev–Trinajstić information content (AvgIpc) is 2.77. The van der Waals surface area contributed by atoms with Gasteiger partial charge in [-0.05, 0) is 35.6 Å². The molecule has 31 heavy (non-hydrogen) atoms. The van der Waals surface area contributed by atoms with Crippen molar-refractivity contribution in [2.24, 2.45) is 0 Å². The number of hydrogen-bond donors (Lipinski definition) is 1. The normalized spacial score (nSPS) is 20.7. The van der Waals surface area contributed by atoms with Crippen LogP contribution in [-0.2, 0) is 9.59 Å². The van der Waals surface area contributed by atoms with Gasteiger partial charge in [0, 0.05) is 42.2 Å². The summed E-state index contributed by atoms with van der Waals surface area (Å²) in [7, 11) is 3.11. The lowest BCUT2D eigenvalue weighted by molar-refractivity contribution is -0.384. The van der Waals surface area contributed by atoms with Gasteiger partial charge in [-0.15, -0.1) is 0 Å². The maximum Gasteiger partial charge on any atom is 0.269 e. The number of non-ortho nitro benzene ring substituents is 1. The molecule has 0 spiro atoms. The van der Waals surface area contributed by atoms with Gasteiger partial charge >= 0.3 is 0 Å². The Balaban J connectivity index is 1.70. The molecule has 0 bridgehead atoms. The van der Waals surface area contributed by atoms with Crippen LogP contribution in [0.15, 0.2) is 53.7 Å². The number of carbonyl (C=O) groups excluding carboxylic acids is 2. The van der Waals surface area contributed by atoms with Crippen LogP contribution >= 0.6 is 0 Å². The molecule has 1 aliphatic heterocycles. The van der Waals surface area contributed by atoms with Gasteiger partial charge in [0.25, 0.3) is 5.69 Å². The first-order valence-electron chi connectivity index (χ1n) is 9.93. The van der Waals surface area contributed by atoms with Gasteiger partial charge in [-0.2, -0.15) is 0 Å². The fourth-order valence-electron chi connectivity index (χ4n) is 4.44. The molecule has 2 aliphatic rings. The van der Waals surface area contributed by atoms with E-state index >= 15 is 0 Å². The van der Waals surface area contributed by atoms with E-state index in [0.717, 1.165) is 5.56 Å². The average molecular weight is 422 g/mol. The molecule has 8 nitrogen and oxygen atoms in total. The molecule has 2 atom stereocenters. The Hall–Kier alpha value is -3.68. The largest absolute Gasteiger partial charge is 0.493 e. The standard InChI is InChI=1S/C23H22N2O6/c1-30-20-7-6-13(11-21(20)31-2)15-9-18-23(19(26)10-15)17(12-22(27)24-18)14-4-3-5-16(8-14)25(28)29/h3-8,11,15,17H,9-10,12H2,1-2H3,(H,24,27)/t15-,17+/m1/s1. The van der Waals surface area contributed by atoms with Crippen molar-refractivity contribution < 1.29 is 24.0 Å². The number of allylic oxidation sites excluding steroid dienone is 2. The number of nitro benzene ring substituents is 1. The number of nitrogens with one attached hydrogen (secondary N) is 1. The van der Waals surface area contributed by atoms with Crippen LogP contribution in [0.25, 0.3) is 0 Å². The molecule has 160 valence electrons. The van der Waals surface area contributed by atoms with E-state index in [1.54, 1.807) is 32.4 Å². The molecule has 2 aromatic carbocycles. The summed E-state index contributed by atoms with van der Waals surface area (Å²) in [6.07, 6.45) is 0.871. The van der Waals surface area contributed by atoms with E-state index in [0.29, 0.717) is 34.8 Å². The Labute approximate surface area is 179 Å². The summed E-state index contributed by atoms with van der Waals surface area (Å²) in [6, 6.07) is 11.7. The molecular formula is C23H22N2O6. The molecule has 1 N–H and O–H groups in total. The third-order valence-corrected chi connectivity index (χ3v) is 5.90. The molecular weight excluding hydrogens is 400 g/mol. The van der Waals surface area contributed by atoms with Crippen molar-refractivity contribution in [1.29, 1.82) is 0 Å². The zero-order valence-corrected chi connectivity index (χ0v) is 17.2. The van der Waals surface area contributed by atoms with Crippen LogP contribution in [0.2, 0.25) is 0 Å². The maximum absolute atomic E-state index is 13.2. The van der Waals surface area contributed by atoms with Crippen LogP contribution in [-0.4, -0.2) is 30.8 Å². The minimum absolute atomic E-state index is 0.0578. The molecule has 2 aromatic rings. The first kappa shape index (κ1) is 20.6. The number of carbonyl (C=O) groups is 2. The number of ether oxygens (including phenoxy) is 2. The van der Waals surface area contributed by atoms with Gasteiger partial charge in [0.05, 0.1) is 19.1 Å². The van der Waals surface area contributed by atoms with Gasteiger partial charge in [-0.3, -0.25) is 19.7 Å². The van der Waals surface area contributed by atoms with Crippen molar-refractivity contribution in [3.8, 4) is 11.5 Å². The van der Waals surface area contributed by atoms with Gasteiger partial charge in [-0.25, -0.2) is 0 Å². The van der Waals surface area contributed by atoms with E-state index in [-0.39, 0.29) is 36.1 Å². The number of amides is 1. The zero-order chi connectivity index (χ0) is 22.1. The van der Waals surface area contributed by atoms with Crippen LogP contribution in [0.5, 0.6) is 11.5 Å². The highest BCUT2D eigenvalue weighted by Gasteiger charge is 2.38. The topological polar surface area (TPSA) is 108 Å². The van der Waals surface area contributed by atoms with Crippen molar-refractivity contribution in [2.45, 2.75) is 31.1 Å². The highest BCUT2D eigenvalue weighted by atomic mass is 16.6. The van der Waals surface area contributed by atoms with Gasteiger partial charge in [-0.1, -0.05) is 18.2 Å². The summed E-state index contributed by atoms with van der Waals surface area (Å²) in [6.45, 7) is 0. The van der Waals surface area contributed by atoms with Crippen LogP contribution in [0.1, 0.15) is 42.2 Å². The minimum Gasteiger partial charge on any atom is -0.493 e. The van der Waals surface area contributed by atoms with E-state index in [2.05, 4.69) is 5.32 Å². The fourth-order valence-corrected chi connectivity index (χ4v) is 4.44. The van der Waals surface area contributed by atoms with Crippen LogP contribution < -0.4 is 14.8 Å². The quantitative estimate of drug-likeness (QED) is 0.582. The molecule has 0 unspecified atom stereocenters. The number of ketones is 1. The summed E-state index contributed by atoms with van der Waals surface area (Å²) >= 11 is 0. The zero-order valence-electron chi connectivity index (χ0n) is 17.2. The van der Waals surface area contributed by atoms with E-state index in [1.807, 2.05) is 12.1 Å². The molecule has 8 heteroatoms. The summed E-state index contributed by atoms with van der Waals surface area (Å²) < 4.78 is 10.7. The Morgan fingerprint density at radius 2 is 1.74 bits per heavy atom. The Bertz CT molecular complexity index is 1110. The molecule has 0 fully saturated rings. The van der Waals surface area contributed by atoms with Crippen LogP contribution in [0.4, 0.5) is 5.69 Å². The first-order valence-corrected chi connectivity index (χ1v) is 9.93. The van der Waals surface area contributed by atoms with E-state index in [9.17, 15) is 19.7 Å². The Morgan fingerprint density at radius 3 is 2.45 bits per heavy atom. The third kappa shape index (κ3) is 3.88. The lowest BCUT2D eigenvalue weighted by Gasteiger charge is -2.34. The smallest absolute Gasteiger partial charge is 0.269 e. The van der Waals surface area contributed by atoms with Crippen molar-refractivity contribution in [3.63, 3.8) is 0 Å². The highest BCUT2D eigenvalue weighted by molar-refractivity contribution is 6.02. The molecule has 1 amide bonds. The number of rotatable bonds is 5. The summed E-state index contributed by atoms with van der Waals surface area (Å²) in [5, 5.41) is 14.0. The van der Waals surface area contributed by atoms with Gasteiger partial charge in [0.15, 0.2) is 17.3 Å². The molecule has 0 saturated carbocycles.